The van der Waals surface area contributed by atoms with Crippen LogP contribution in [0.3, 0.4) is 0 Å². The second kappa shape index (κ2) is 3.72. The number of epoxide rings is 1. The van der Waals surface area contributed by atoms with Crippen LogP contribution in [0.2, 0.25) is 5.02 Å². The summed E-state index contributed by atoms with van der Waals surface area (Å²) in [6.07, 6.45) is 0. The van der Waals surface area contributed by atoms with Crippen molar-refractivity contribution in [2.24, 2.45) is 0 Å². The van der Waals surface area contributed by atoms with Crippen molar-refractivity contribution in [1.82, 2.24) is 0 Å². The zero-order valence-electron chi connectivity index (χ0n) is 7.72. The topological polar surface area (TPSA) is 21.8 Å². The predicted molar refractivity (Wildman–Crippen MR) is 59.0 cm³/mol. The summed E-state index contributed by atoms with van der Waals surface area (Å²) in [5.41, 5.74) is -0.0842. The summed E-state index contributed by atoms with van der Waals surface area (Å²) >= 11 is 9.19. The maximum Gasteiger partial charge on any atom is 0.133 e. The molecule has 1 heterocycles. The summed E-state index contributed by atoms with van der Waals surface area (Å²) in [5, 5.41) is 0.693. The van der Waals surface area contributed by atoms with Crippen LogP contribution in [0.15, 0.2) is 22.7 Å². The van der Waals surface area contributed by atoms with Gasteiger partial charge in [0.25, 0.3) is 0 Å². The highest BCUT2D eigenvalue weighted by Crippen LogP contribution is 2.31. The monoisotopic (exact) mass is 276 g/mol. The summed E-state index contributed by atoms with van der Waals surface area (Å²) in [7, 11) is 0. The van der Waals surface area contributed by atoms with E-state index in [0.29, 0.717) is 11.6 Å². The van der Waals surface area contributed by atoms with Gasteiger partial charge in [-0.2, -0.15) is 0 Å². The van der Waals surface area contributed by atoms with Crippen LogP contribution in [-0.4, -0.2) is 18.8 Å². The molecule has 76 valence electrons. The van der Waals surface area contributed by atoms with Crippen molar-refractivity contribution >= 4 is 27.5 Å². The van der Waals surface area contributed by atoms with E-state index in [1.54, 1.807) is 6.07 Å². The van der Waals surface area contributed by atoms with Crippen molar-refractivity contribution in [3.05, 3.63) is 27.7 Å². The molecule has 4 heteroatoms. The molecule has 14 heavy (non-hydrogen) atoms. The lowest BCUT2D eigenvalue weighted by atomic mass is 10.2. The Kier molecular flexibility index (Phi) is 2.73. The van der Waals surface area contributed by atoms with Gasteiger partial charge in [-0.05, 0) is 41.1 Å². The second-order valence-corrected chi connectivity index (χ2v) is 4.89. The minimum Gasteiger partial charge on any atom is -0.489 e. The van der Waals surface area contributed by atoms with Gasteiger partial charge in [-0.3, -0.25) is 0 Å². The fraction of sp³-hybridized carbons (Fsp3) is 0.400. The van der Waals surface area contributed by atoms with Gasteiger partial charge in [0.15, 0.2) is 0 Å². The van der Waals surface area contributed by atoms with Gasteiger partial charge < -0.3 is 9.47 Å². The van der Waals surface area contributed by atoms with Gasteiger partial charge in [0.05, 0.1) is 11.1 Å². The second-order valence-electron chi connectivity index (χ2n) is 3.60. The Labute approximate surface area is 96.3 Å². The molecular weight excluding hydrogens is 267 g/mol. The molecule has 0 amide bonds. The fourth-order valence-electron chi connectivity index (χ4n) is 1.03. The minimum atomic E-state index is -0.0842. The van der Waals surface area contributed by atoms with E-state index < -0.39 is 0 Å². The van der Waals surface area contributed by atoms with Crippen LogP contribution in [0.4, 0.5) is 0 Å². The number of rotatable bonds is 3. The molecular formula is C10H10BrClO2. The average Bonchev–Trinajstić information content (AvgIpc) is 2.83. The maximum absolute atomic E-state index is 5.81. The van der Waals surface area contributed by atoms with Crippen molar-refractivity contribution in [2.75, 3.05) is 13.2 Å². The number of hydrogen-bond acceptors (Lipinski definition) is 2. The van der Waals surface area contributed by atoms with Crippen LogP contribution in [-0.2, 0) is 4.74 Å². The van der Waals surface area contributed by atoms with E-state index in [2.05, 4.69) is 15.9 Å². The first kappa shape index (κ1) is 10.3. The first-order valence-corrected chi connectivity index (χ1v) is 5.48. The molecule has 0 N–H and O–H groups in total. The third-order valence-corrected chi connectivity index (χ3v) is 2.92. The van der Waals surface area contributed by atoms with E-state index in [4.69, 9.17) is 21.1 Å². The van der Waals surface area contributed by atoms with Gasteiger partial charge in [-0.15, -0.1) is 0 Å². The maximum atomic E-state index is 5.81. The molecule has 1 atom stereocenters. The largest absolute Gasteiger partial charge is 0.489 e. The van der Waals surface area contributed by atoms with Gasteiger partial charge in [-0.25, -0.2) is 0 Å². The third kappa shape index (κ3) is 2.41. The van der Waals surface area contributed by atoms with Crippen LogP contribution in [0.1, 0.15) is 6.92 Å². The first-order chi connectivity index (χ1) is 6.59. The molecule has 0 spiro atoms. The highest BCUT2D eigenvalue weighted by molar-refractivity contribution is 9.10. The van der Waals surface area contributed by atoms with Crippen molar-refractivity contribution in [2.45, 2.75) is 12.5 Å². The average molecular weight is 278 g/mol. The standard InChI is InChI=1S/C10H10BrClO2/c1-10(6-14-10)5-13-9-3-2-7(12)4-8(9)11/h2-4H,5-6H2,1H3. The normalized spacial score (nSPS) is 24.8. The van der Waals surface area contributed by atoms with Gasteiger partial charge in [-0.1, -0.05) is 11.6 Å². The SMILES string of the molecule is CC1(COc2ccc(Cl)cc2Br)CO1. The third-order valence-electron chi connectivity index (χ3n) is 2.06. The highest BCUT2D eigenvalue weighted by Gasteiger charge is 2.40. The molecule has 0 bridgehead atoms. The Morgan fingerprint density at radius 2 is 2.36 bits per heavy atom. The van der Waals surface area contributed by atoms with Crippen molar-refractivity contribution in [3.63, 3.8) is 0 Å². The van der Waals surface area contributed by atoms with E-state index in [1.165, 1.54) is 0 Å². The first-order valence-electron chi connectivity index (χ1n) is 4.31. The molecule has 2 nitrogen and oxygen atoms in total. The van der Waals surface area contributed by atoms with E-state index in [-0.39, 0.29) is 5.60 Å². The molecule has 0 radical (unpaired) electrons. The van der Waals surface area contributed by atoms with Crippen LogP contribution in [0.25, 0.3) is 0 Å². The number of hydrogen-bond donors (Lipinski definition) is 0. The summed E-state index contributed by atoms with van der Waals surface area (Å²) in [4.78, 5) is 0. The molecule has 1 fully saturated rings. The molecule has 1 saturated heterocycles. The Morgan fingerprint density at radius 1 is 1.64 bits per heavy atom. The molecule has 1 aliphatic rings. The quantitative estimate of drug-likeness (QED) is 0.791. The fourth-order valence-corrected chi connectivity index (χ4v) is 1.83. The molecule has 1 aromatic carbocycles. The summed E-state index contributed by atoms with van der Waals surface area (Å²) in [6.45, 7) is 3.38. The van der Waals surface area contributed by atoms with Crippen LogP contribution < -0.4 is 4.74 Å². The zero-order valence-corrected chi connectivity index (χ0v) is 10.1. The lowest BCUT2D eigenvalue weighted by Gasteiger charge is -2.10. The lowest BCUT2D eigenvalue weighted by molar-refractivity contribution is 0.201. The van der Waals surface area contributed by atoms with E-state index in [9.17, 15) is 0 Å². The predicted octanol–water partition coefficient (Wildman–Crippen LogP) is 3.27. The Morgan fingerprint density at radius 3 is 2.93 bits per heavy atom. The highest BCUT2D eigenvalue weighted by atomic mass is 79.9. The smallest absolute Gasteiger partial charge is 0.133 e. The molecule has 1 aliphatic heterocycles. The lowest BCUT2D eigenvalue weighted by Crippen LogP contribution is -2.17. The van der Waals surface area contributed by atoms with Crippen LogP contribution in [0, 0.1) is 0 Å². The number of halogens is 2. The minimum absolute atomic E-state index is 0.0842. The van der Waals surface area contributed by atoms with Crippen LogP contribution >= 0.6 is 27.5 Å². The van der Waals surface area contributed by atoms with Gasteiger partial charge in [0, 0.05) is 5.02 Å². The Bertz CT molecular complexity index is 350. The molecule has 0 saturated carbocycles. The van der Waals surface area contributed by atoms with E-state index >= 15 is 0 Å². The zero-order chi connectivity index (χ0) is 10.2. The summed E-state index contributed by atoms with van der Waals surface area (Å²) < 4.78 is 11.7. The van der Waals surface area contributed by atoms with Crippen molar-refractivity contribution in [3.8, 4) is 5.75 Å². The summed E-state index contributed by atoms with van der Waals surface area (Å²) in [5.74, 6) is 0.797. The van der Waals surface area contributed by atoms with Crippen molar-refractivity contribution in [1.29, 1.82) is 0 Å². The van der Waals surface area contributed by atoms with E-state index in [1.807, 2.05) is 19.1 Å². The number of ether oxygens (including phenoxy) is 2. The Balaban J connectivity index is 2.02. The molecule has 2 rings (SSSR count). The number of benzene rings is 1. The van der Waals surface area contributed by atoms with E-state index in [0.717, 1.165) is 16.8 Å². The van der Waals surface area contributed by atoms with Gasteiger partial charge in [0.1, 0.15) is 18.0 Å². The molecule has 0 aliphatic carbocycles. The Hall–Kier alpha value is -0.250. The van der Waals surface area contributed by atoms with Crippen LogP contribution in [0.5, 0.6) is 5.75 Å². The van der Waals surface area contributed by atoms with Gasteiger partial charge in [0.2, 0.25) is 0 Å². The molecule has 1 unspecified atom stereocenters. The van der Waals surface area contributed by atoms with Gasteiger partial charge >= 0.3 is 0 Å². The summed E-state index contributed by atoms with van der Waals surface area (Å²) in [6, 6.07) is 5.46. The van der Waals surface area contributed by atoms with Crippen molar-refractivity contribution < 1.29 is 9.47 Å². The molecule has 1 aromatic rings. The molecule has 0 aromatic heterocycles.